The van der Waals surface area contributed by atoms with Gasteiger partial charge in [-0.2, -0.15) is 0 Å². The summed E-state index contributed by atoms with van der Waals surface area (Å²) in [7, 11) is 0. The van der Waals surface area contributed by atoms with Gasteiger partial charge < -0.3 is 24.1 Å². The van der Waals surface area contributed by atoms with Crippen molar-refractivity contribution in [1.29, 1.82) is 0 Å². The van der Waals surface area contributed by atoms with Gasteiger partial charge in [-0.15, -0.1) is 0 Å². The van der Waals surface area contributed by atoms with E-state index in [1.807, 2.05) is 58.0 Å². The van der Waals surface area contributed by atoms with E-state index in [0.29, 0.717) is 24.7 Å². The average molecular weight is 388 g/mol. The maximum absolute atomic E-state index is 10.7. The average Bonchev–Trinajstić information content (AvgIpc) is 2.74. The molecule has 6 nitrogen and oxygen atoms in total. The predicted molar refractivity (Wildman–Crippen MR) is 107 cm³/mol. The van der Waals surface area contributed by atoms with Crippen molar-refractivity contribution in [1.82, 2.24) is 0 Å². The van der Waals surface area contributed by atoms with Crippen LogP contribution in [-0.2, 0) is 11.2 Å². The molecule has 0 aliphatic carbocycles. The highest BCUT2D eigenvalue weighted by molar-refractivity contribution is 5.73. The fourth-order valence-electron chi connectivity index (χ4n) is 2.61. The largest absolute Gasteiger partial charge is 0.486 e. The van der Waals surface area contributed by atoms with Gasteiger partial charge in [0.15, 0.2) is 23.0 Å². The molecule has 2 heterocycles. The van der Waals surface area contributed by atoms with Crippen molar-refractivity contribution in [3.8, 4) is 23.0 Å². The minimum Gasteiger partial charge on any atom is -0.486 e. The van der Waals surface area contributed by atoms with E-state index in [1.54, 1.807) is 6.07 Å². The molecule has 0 spiro atoms. The monoisotopic (exact) mass is 388 g/mol. The van der Waals surface area contributed by atoms with Crippen LogP contribution in [0.25, 0.3) is 0 Å². The van der Waals surface area contributed by atoms with Gasteiger partial charge in [0.1, 0.15) is 19.8 Å². The van der Waals surface area contributed by atoms with Gasteiger partial charge in [0.05, 0.1) is 0 Å². The van der Waals surface area contributed by atoms with Gasteiger partial charge in [-0.05, 0) is 48.7 Å². The van der Waals surface area contributed by atoms with Crippen LogP contribution in [0.15, 0.2) is 36.4 Å². The van der Waals surface area contributed by atoms with Crippen molar-refractivity contribution in [2.24, 2.45) is 0 Å². The fourth-order valence-corrected chi connectivity index (χ4v) is 2.61. The Hall–Kier alpha value is -2.89. The highest BCUT2D eigenvalue weighted by Crippen LogP contribution is 2.32. The molecular formula is C22H28O6. The summed E-state index contributed by atoms with van der Waals surface area (Å²) in [5, 5.41) is 8.76. The first kappa shape index (κ1) is 21.4. The van der Waals surface area contributed by atoms with Gasteiger partial charge in [0.2, 0.25) is 6.10 Å². The molecule has 1 N–H and O–H groups in total. The molecule has 0 aromatic heterocycles. The van der Waals surface area contributed by atoms with Crippen molar-refractivity contribution in [2.75, 3.05) is 19.8 Å². The minimum absolute atomic E-state index is 0.0650. The molecule has 2 aliphatic heterocycles. The maximum Gasteiger partial charge on any atom is 0.348 e. The van der Waals surface area contributed by atoms with E-state index in [1.165, 1.54) is 5.56 Å². The van der Waals surface area contributed by atoms with Crippen LogP contribution in [0.1, 0.15) is 31.9 Å². The Morgan fingerprint density at radius 1 is 0.964 bits per heavy atom. The molecule has 4 rings (SSSR count). The van der Waals surface area contributed by atoms with E-state index in [-0.39, 0.29) is 6.61 Å². The molecule has 0 unspecified atom stereocenters. The third-order valence-electron chi connectivity index (χ3n) is 4.05. The SMILES string of the molecule is CC.CCc1ccc2c(c1)OC[C@@H](C(=O)O)O2.Cc1ccc2c(c1)OCCO2. The van der Waals surface area contributed by atoms with Crippen LogP contribution in [0, 0.1) is 6.92 Å². The number of aliphatic carboxylic acids is 1. The van der Waals surface area contributed by atoms with Crippen molar-refractivity contribution in [2.45, 2.75) is 40.2 Å². The summed E-state index contributed by atoms with van der Waals surface area (Å²) < 4.78 is 21.3. The molecular weight excluding hydrogens is 360 g/mol. The van der Waals surface area contributed by atoms with Crippen LogP contribution < -0.4 is 18.9 Å². The van der Waals surface area contributed by atoms with Crippen LogP contribution in [-0.4, -0.2) is 37.0 Å². The number of rotatable bonds is 2. The number of hydrogen-bond acceptors (Lipinski definition) is 5. The van der Waals surface area contributed by atoms with Crippen LogP contribution >= 0.6 is 0 Å². The molecule has 6 heteroatoms. The smallest absolute Gasteiger partial charge is 0.348 e. The van der Waals surface area contributed by atoms with E-state index in [2.05, 4.69) is 0 Å². The zero-order valence-corrected chi connectivity index (χ0v) is 16.9. The topological polar surface area (TPSA) is 74.2 Å². The Bertz CT molecular complexity index is 787. The van der Waals surface area contributed by atoms with Crippen molar-refractivity contribution >= 4 is 5.97 Å². The summed E-state index contributed by atoms with van der Waals surface area (Å²) in [4.78, 5) is 10.7. The lowest BCUT2D eigenvalue weighted by Gasteiger charge is -2.24. The molecule has 152 valence electrons. The highest BCUT2D eigenvalue weighted by Gasteiger charge is 2.26. The first-order valence-corrected chi connectivity index (χ1v) is 9.58. The van der Waals surface area contributed by atoms with Gasteiger partial charge in [0, 0.05) is 0 Å². The number of carboxylic acids is 1. The summed E-state index contributed by atoms with van der Waals surface area (Å²) in [6.45, 7) is 9.48. The lowest BCUT2D eigenvalue weighted by Crippen LogP contribution is -2.36. The second-order valence-corrected chi connectivity index (χ2v) is 6.04. The number of hydrogen-bond donors (Lipinski definition) is 1. The molecule has 2 aromatic carbocycles. The van der Waals surface area contributed by atoms with Gasteiger partial charge in [-0.25, -0.2) is 4.79 Å². The minimum atomic E-state index is -1.000. The Balaban J connectivity index is 0.000000191. The Labute approximate surface area is 166 Å². The molecule has 0 saturated heterocycles. The van der Waals surface area contributed by atoms with E-state index in [4.69, 9.17) is 24.1 Å². The summed E-state index contributed by atoms with van der Waals surface area (Å²) in [5.41, 5.74) is 2.35. The fraction of sp³-hybridized carbons (Fsp3) is 0.409. The summed E-state index contributed by atoms with van der Waals surface area (Å²) in [6, 6.07) is 11.5. The maximum atomic E-state index is 10.7. The lowest BCUT2D eigenvalue weighted by molar-refractivity contribution is -0.147. The summed E-state index contributed by atoms with van der Waals surface area (Å²) >= 11 is 0. The molecule has 1 atom stereocenters. The second kappa shape index (κ2) is 10.4. The van der Waals surface area contributed by atoms with Crippen LogP contribution in [0.3, 0.4) is 0 Å². The number of fused-ring (bicyclic) bond motifs is 2. The van der Waals surface area contributed by atoms with Crippen molar-refractivity contribution in [3.63, 3.8) is 0 Å². The van der Waals surface area contributed by atoms with E-state index in [9.17, 15) is 4.79 Å². The Morgan fingerprint density at radius 3 is 2.29 bits per heavy atom. The molecule has 0 bridgehead atoms. The van der Waals surface area contributed by atoms with Gasteiger partial charge in [-0.3, -0.25) is 0 Å². The molecule has 0 amide bonds. The van der Waals surface area contributed by atoms with Gasteiger partial charge >= 0.3 is 5.97 Å². The first-order chi connectivity index (χ1) is 13.6. The van der Waals surface area contributed by atoms with Gasteiger partial charge in [-0.1, -0.05) is 32.9 Å². The van der Waals surface area contributed by atoms with Crippen LogP contribution in [0.4, 0.5) is 0 Å². The van der Waals surface area contributed by atoms with Crippen LogP contribution in [0.5, 0.6) is 23.0 Å². The van der Waals surface area contributed by atoms with E-state index in [0.717, 1.165) is 23.5 Å². The Morgan fingerprint density at radius 2 is 1.61 bits per heavy atom. The number of benzene rings is 2. The van der Waals surface area contributed by atoms with E-state index < -0.39 is 12.1 Å². The molecule has 0 fully saturated rings. The standard InChI is InChI=1S/C11H12O4.C9H10O2.C2H6/c1-2-7-3-4-8-9(5-7)14-6-10(15-8)11(12)13;1-7-2-3-8-9(6-7)11-5-4-10-8;1-2/h3-5,10H,2,6H2,1H3,(H,12,13);2-3,6H,4-5H2,1H3;1-2H3/t10-;;/m0../s1. The zero-order valence-electron chi connectivity index (χ0n) is 16.9. The van der Waals surface area contributed by atoms with Crippen molar-refractivity contribution < 1.29 is 28.8 Å². The summed E-state index contributed by atoms with van der Waals surface area (Å²) in [5.74, 6) is 1.87. The van der Waals surface area contributed by atoms with Gasteiger partial charge in [0.25, 0.3) is 0 Å². The normalized spacial score (nSPS) is 15.9. The molecule has 0 radical (unpaired) electrons. The molecule has 2 aromatic rings. The third-order valence-corrected chi connectivity index (χ3v) is 4.05. The number of aryl methyl sites for hydroxylation is 2. The molecule has 28 heavy (non-hydrogen) atoms. The number of carbonyl (C=O) groups is 1. The quantitative estimate of drug-likeness (QED) is 0.828. The van der Waals surface area contributed by atoms with Crippen LogP contribution in [0.2, 0.25) is 0 Å². The Kier molecular flexibility index (Phi) is 7.99. The predicted octanol–water partition coefficient (Wildman–Crippen LogP) is 4.27. The van der Waals surface area contributed by atoms with Crippen molar-refractivity contribution in [3.05, 3.63) is 47.5 Å². The third kappa shape index (κ3) is 5.55. The number of ether oxygens (including phenoxy) is 4. The highest BCUT2D eigenvalue weighted by atomic mass is 16.6. The lowest BCUT2D eigenvalue weighted by atomic mass is 10.1. The summed E-state index contributed by atoms with van der Waals surface area (Å²) in [6.07, 6.45) is 0.0175. The molecule has 2 aliphatic rings. The first-order valence-electron chi connectivity index (χ1n) is 9.58. The van der Waals surface area contributed by atoms with E-state index >= 15 is 0 Å². The zero-order chi connectivity index (χ0) is 20.5. The number of carboxylic acid groups (broad SMARTS) is 1. The molecule has 0 saturated carbocycles. The second-order valence-electron chi connectivity index (χ2n) is 6.04.